The Morgan fingerprint density at radius 1 is 1.19 bits per heavy atom. The Labute approximate surface area is 129 Å². The van der Waals surface area contributed by atoms with Crippen LogP contribution in [0.5, 0.6) is 0 Å². The molecular formula is C18H32N2O. The van der Waals surface area contributed by atoms with E-state index in [-0.39, 0.29) is 10.8 Å². The number of piperidine rings is 1. The molecule has 3 rings (SSSR count). The van der Waals surface area contributed by atoms with Crippen LogP contribution >= 0.6 is 0 Å². The van der Waals surface area contributed by atoms with E-state index < -0.39 is 0 Å². The summed E-state index contributed by atoms with van der Waals surface area (Å²) in [4.78, 5) is 13.0. The molecule has 1 amide bonds. The molecule has 3 nitrogen and oxygen atoms in total. The maximum absolute atomic E-state index is 13.0. The lowest BCUT2D eigenvalue weighted by molar-refractivity contribution is -0.134. The van der Waals surface area contributed by atoms with Gasteiger partial charge in [-0.15, -0.1) is 0 Å². The lowest BCUT2D eigenvalue weighted by Gasteiger charge is -2.42. The third-order valence-corrected chi connectivity index (χ3v) is 7.82. The van der Waals surface area contributed by atoms with E-state index in [0.29, 0.717) is 17.4 Å². The Morgan fingerprint density at radius 2 is 1.86 bits per heavy atom. The van der Waals surface area contributed by atoms with Gasteiger partial charge in [0.1, 0.15) is 0 Å². The molecule has 2 N–H and O–H groups in total. The molecule has 3 unspecified atom stereocenters. The molecule has 1 aliphatic heterocycles. The maximum Gasteiger partial charge on any atom is 0.226 e. The van der Waals surface area contributed by atoms with Crippen molar-refractivity contribution in [1.29, 1.82) is 0 Å². The third kappa shape index (κ3) is 2.07. The predicted molar refractivity (Wildman–Crippen MR) is 86.0 cm³/mol. The molecule has 0 radical (unpaired) electrons. The van der Waals surface area contributed by atoms with Gasteiger partial charge in [-0.25, -0.2) is 0 Å². The van der Waals surface area contributed by atoms with Crippen molar-refractivity contribution >= 4 is 5.91 Å². The highest BCUT2D eigenvalue weighted by molar-refractivity contribution is 5.83. The smallest absolute Gasteiger partial charge is 0.226 e. The minimum atomic E-state index is -0.117. The summed E-state index contributed by atoms with van der Waals surface area (Å²) >= 11 is 0. The van der Waals surface area contributed by atoms with Gasteiger partial charge in [-0.2, -0.15) is 0 Å². The Morgan fingerprint density at radius 3 is 2.33 bits per heavy atom. The van der Waals surface area contributed by atoms with Gasteiger partial charge < -0.3 is 10.6 Å². The van der Waals surface area contributed by atoms with Crippen LogP contribution in [0.2, 0.25) is 0 Å². The summed E-state index contributed by atoms with van der Waals surface area (Å²) in [5.74, 6) is 1.12. The first-order valence-electron chi connectivity index (χ1n) is 8.87. The van der Waals surface area contributed by atoms with Crippen molar-refractivity contribution in [3.8, 4) is 0 Å². The highest BCUT2D eigenvalue weighted by Crippen LogP contribution is 2.65. The second-order valence-electron chi connectivity index (χ2n) is 8.52. The van der Waals surface area contributed by atoms with E-state index in [1.165, 1.54) is 19.3 Å². The second kappa shape index (κ2) is 4.97. The first kappa shape index (κ1) is 15.3. The summed E-state index contributed by atoms with van der Waals surface area (Å²) in [6, 6.07) is 0.386. The molecule has 3 aliphatic rings. The monoisotopic (exact) mass is 292 g/mol. The summed E-state index contributed by atoms with van der Waals surface area (Å²) in [5, 5.41) is 6.89. The molecule has 1 saturated heterocycles. The van der Waals surface area contributed by atoms with E-state index in [1.54, 1.807) is 0 Å². The Kier molecular flexibility index (Phi) is 3.63. The molecule has 2 bridgehead atoms. The standard InChI is InChI=1S/C18H32N2O/c1-5-18(8-10-19-11-9-18)15(21)20-14-12-13-6-7-17(14,4)16(13,2)3/h13-14,19H,5-12H2,1-4H3,(H,20,21). The van der Waals surface area contributed by atoms with Crippen LogP contribution in [0.4, 0.5) is 0 Å². The maximum atomic E-state index is 13.0. The van der Waals surface area contributed by atoms with E-state index in [2.05, 4.69) is 38.3 Å². The number of amides is 1. The molecule has 0 aromatic heterocycles. The fourth-order valence-corrected chi connectivity index (χ4v) is 5.38. The first-order chi connectivity index (χ1) is 9.86. The molecule has 0 spiro atoms. The summed E-state index contributed by atoms with van der Waals surface area (Å²) in [6.45, 7) is 11.4. The average Bonchev–Trinajstić information content (AvgIpc) is 2.81. The van der Waals surface area contributed by atoms with Crippen LogP contribution in [0, 0.1) is 22.2 Å². The van der Waals surface area contributed by atoms with Crippen molar-refractivity contribution in [2.75, 3.05) is 13.1 Å². The van der Waals surface area contributed by atoms with Crippen molar-refractivity contribution < 1.29 is 4.79 Å². The number of hydrogen-bond donors (Lipinski definition) is 2. The zero-order valence-electron chi connectivity index (χ0n) is 14.2. The molecule has 2 aliphatic carbocycles. The number of hydrogen-bond acceptors (Lipinski definition) is 2. The highest BCUT2D eigenvalue weighted by Gasteiger charge is 2.62. The van der Waals surface area contributed by atoms with Gasteiger partial charge in [0.05, 0.1) is 5.41 Å². The normalized spacial score (nSPS) is 40.2. The van der Waals surface area contributed by atoms with E-state index in [1.807, 2.05) is 0 Å². The van der Waals surface area contributed by atoms with E-state index in [0.717, 1.165) is 38.3 Å². The predicted octanol–water partition coefficient (Wildman–Crippen LogP) is 3.10. The molecule has 0 aromatic carbocycles. The summed E-state index contributed by atoms with van der Waals surface area (Å²) < 4.78 is 0. The van der Waals surface area contributed by atoms with Gasteiger partial charge in [-0.05, 0) is 68.4 Å². The van der Waals surface area contributed by atoms with Gasteiger partial charge in [0.15, 0.2) is 0 Å². The van der Waals surface area contributed by atoms with Crippen LogP contribution in [0.25, 0.3) is 0 Å². The topological polar surface area (TPSA) is 41.1 Å². The highest BCUT2D eigenvalue weighted by atomic mass is 16.2. The van der Waals surface area contributed by atoms with Gasteiger partial charge >= 0.3 is 0 Å². The zero-order valence-corrected chi connectivity index (χ0v) is 14.2. The van der Waals surface area contributed by atoms with Crippen molar-refractivity contribution in [2.24, 2.45) is 22.2 Å². The van der Waals surface area contributed by atoms with Crippen molar-refractivity contribution in [1.82, 2.24) is 10.6 Å². The molecule has 21 heavy (non-hydrogen) atoms. The first-order valence-corrected chi connectivity index (χ1v) is 8.87. The lowest BCUT2D eigenvalue weighted by atomic mass is 9.68. The van der Waals surface area contributed by atoms with Crippen LogP contribution in [0.3, 0.4) is 0 Å². The van der Waals surface area contributed by atoms with Gasteiger partial charge in [0.25, 0.3) is 0 Å². The van der Waals surface area contributed by atoms with Crippen LogP contribution in [0.1, 0.15) is 66.2 Å². The van der Waals surface area contributed by atoms with E-state index in [9.17, 15) is 4.79 Å². The quantitative estimate of drug-likeness (QED) is 0.839. The summed E-state index contributed by atoms with van der Waals surface area (Å²) in [6.07, 6.45) is 6.76. The number of carbonyl (C=O) groups excluding carboxylic acids is 1. The van der Waals surface area contributed by atoms with Crippen LogP contribution in [-0.2, 0) is 4.79 Å². The Hall–Kier alpha value is -0.570. The number of fused-ring (bicyclic) bond motifs is 2. The van der Waals surface area contributed by atoms with E-state index in [4.69, 9.17) is 0 Å². The number of rotatable bonds is 3. The minimum Gasteiger partial charge on any atom is -0.352 e. The SMILES string of the molecule is CCC1(C(=O)NC2CC3CCC2(C)C3(C)C)CCNCC1. The van der Waals surface area contributed by atoms with Gasteiger partial charge in [-0.1, -0.05) is 27.7 Å². The van der Waals surface area contributed by atoms with Gasteiger partial charge in [-0.3, -0.25) is 4.79 Å². The van der Waals surface area contributed by atoms with Crippen molar-refractivity contribution in [3.63, 3.8) is 0 Å². The Bertz CT molecular complexity index is 425. The molecule has 0 aromatic rings. The Balaban J connectivity index is 1.74. The summed E-state index contributed by atoms with van der Waals surface area (Å²) in [5.41, 5.74) is 0.543. The minimum absolute atomic E-state index is 0.117. The molecule has 1 heterocycles. The van der Waals surface area contributed by atoms with Crippen LogP contribution in [0.15, 0.2) is 0 Å². The molecule has 3 fully saturated rings. The number of nitrogens with one attached hydrogen (secondary N) is 2. The van der Waals surface area contributed by atoms with Crippen molar-refractivity contribution in [3.05, 3.63) is 0 Å². The van der Waals surface area contributed by atoms with Crippen molar-refractivity contribution in [2.45, 2.75) is 72.3 Å². The summed E-state index contributed by atoms with van der Waals surface area (Å²) in [7, 11) is 0. The molecule has 120 valence electrons. The largest absolute Gasteiger partial charge is 0.352 e. The van der Waals surface area contributed by atoms with Gasteiger partial charge in [0.2, 0.25) is 5.91 Å². The van der Waals surface area contributed by atoms with Gasteiger partial charge in [0, 0.05) is 6.04 Å². The fourth-order valence-electron chi connectivity index (χ4n) is 5.38. The molecule has 2 saturated carbocycles. The van der Waals surface area contributed by atoms with E-state index >= 15 is 0 Å². The molecule has 3 atom stereocenters. The van der Waals surface area contributed by atoms with Crippen LogP contribution < -0.4 is 10.6 Å². The van der Waals surface area contributed by atoms with Crippen LogP contribution in [-0.4, -0.2) is 25.0 Å². The average molecular weight is 292 g/mol. The zero-order chi connectivity index (χ0) is 15.3. The molecular weight excluding hydrogens is 260 g/mol. The number of carbonyl (C=O) groups is 1. The molecule has 3 heteroatoms. The fraction of sp³-hybridized carbons (Fsp3) is 0.944. The third-order valence-electron chi connectivity index (χ3n) is 7.82. The lowest BCUT2D eigenvalue weighted by Crippen LogP contribution is -2.54. The second-order valence-corrected chi connectivity index (χ2v) is 8.52.